The number of carbonyl (C=O) groups excluding carboxylic acids is 1. The van der Waals surface area contributed by atoms with Crippen LogP contribution in [0.1, 0.15) is 22.3 Å². The molecule has 0 bridgehead atoms. The van der Waals surface area contributed by atoms with Crippen molar-refractivity contribution in [3.05, 3.63) is 84.6 Å². The Morgan fingerprint density at radius 1 is 1.03 bits per heavy atom. The lowest BCUT2D eigenvalue weighted by atomic mass is 10.1. The Balaban J connectivity index is 1.40. The Morgan fingerprint density at radius 3 is 2.50 bits per heavy atom. The molecular formula is C25H25N3O5S. The predicted octanol–water partition coefficient (Wildman–Crippen LogP) is 3.72. The van der Waals surface area contributed by atoms with Crippen molar-refractivity contribution in [2.75, 3.05) is 38.2 Å². The van der Waals surface area contributed by atoms with Gasteiger partial charge in [0.2, 0.25) is 10.0 Å². The molecule has 1 fully saturated rings. The first-order valence-corrected chi connectivity index (χ1v) is 12.5. The number of ether oxygens (including phenoxy) is 1. The van der Waals surface area contributed by atoms with Crippen LogP contribution in [0.15, 0.2) is 82.6 Å². The van der Waals surface area contributed by atoms with E-state index in [9.17, 15) is 13.2 Å². The van der Waals surface area contributed by atoms with Crippen LogP contribution in [0.2, 0.25) is 0 Å². The van der Waals surface area contributed by atoms with Crippen LogP contribution >= 0.6 is 0 Å². The Kier molecular flexibility index (Phi) is 5.99. The maximum absolute atomic E-state index is 13.1. The van der Waals surface area contributed by atoms with E-state index in [-0.39, 0.29) is 10.8 Å². The van der Waals surface area contributed by atoms with Gasteiger partial charge in [0, 0.05) is 30.9 Å². The van der Waals surface area contributed by atoms with Crippen molar-refractivity contribution in [1.82, 2.24) is 9.21 Å². The fourth-order valence-corrected chi connectivity index (χ4v) is 5.63. The summed E-state index contributed by atoms with van der Waals surface area (Å²) in [5.74, 6) is 1.05. The van der Waals surface area contributed by atoms with E-state index in [2.05, 4.69) is 11.9 Å². The molecule has 0 aliphatic carbocycles. The Bertz CT molecular complexity index is 1310. The van der Waals surface area contributed by atoms with Gasteiger partial charge in [-0.15, -0.1) is 6.58 Å². The Labute approximate surface area is 198 Å². The summed E-state index contributed by atoms with van der Waals surface area (Å²) >= 11 is 0. The third-order valence-corrected chi connectivity index (χ3v) is 7.90. The summed E-state index contributed by atoms with van der Waals surface area (Å²) in [5.41, 5.74) is 2.09. The zero-order chi connectivity index (χ0) is 23.7. The second kappa shape index (κ2) is 9.09. The minimum atomic E-state index is -3.56. The predicted molar refractivity (Wildman–Crippen MR) is 128 cm³/mol. The van der Waals surface area contributed by atoms with Crippen molar-refractivity contribution in [3.63, 3.8) is 0 Å². The molecular weight excluding hydrogens is 454 g/mol. The zero-order valence-electron chi connectivity index (χ0n) is 18.5. The molecule has 2 aromatic carbocycles. The second-order valence-electron chi connectivity index (χ2n) is 8.08. The van der Waals surface area contributed by atoms with Gasteiger partial charge in [-0.1, -0.05) is 18.2 Å². The maximum Gasteiger partial charge on any atom is 0.258 e. The monoisotopic (exact) mass is 479 g/mol. The molecule has 0 saturated carbocycles. The third kappa shape index (κ3) is 4.02. The number of para-hydroxylation sites is 1. The molecule has 0 radical (unpaired) electrons. The molecule has 8 nitrogen and oxygen atoms in total. The van der Waals surface area contributed by atoms with Crippen molar-refractivity contribution < 1.29 is 22.4 Å². The number of rotatable bonds is 6. The number of furan rings is 1. The average Bonchev–Trinajstić information content (AvgIpc) is 3.36. The lowest BCUT2D eigenvalue weighted by molar-refractivity contribution is 0.0689. The summed E-state index contributed by atoms with van der Waals surface area (Å²) < 4.78 is 38.6. The van der Waals surface area contributed by atoms with Crippen LogP contribution in [0, 0.1) is 0 Å². The number of benzene rings is 2. The molecule has 1 aromatic heterocycles. The highest BCUT2D eigenvalue weighted by Crippen LogP contribution is 2.35. The molecule has 5 rings (SSSR count). The number of amides is 1. The van der Waals surface area contributed by atoms with E-state index < -0.39 is 16.2 Å². The van der Waals surface area contributed by atoms with Crippen molar-refractivity contribution in [2.24, 2.45) is 0 Å². The van der Waals surface area contributed by atoms with Crippen LogP contribution in [0.4, 0.5) is 5.69 Å². The summed E-state index contributed by atoms with van der Waals surface area (Å²) in [6, 6.07) is 17.6. The molecule has 34 heavy (non-hydrogen) atoms. The van der Waals surface area contributed by atoms with E-state index in [1.54, 1.807) is 41.3 Å². The largest absolute Gasteiger partial charge is 0.457 e. The highest BCUT2D eigenvalue weighted by Gasteiger charge is 2.34. The van der Waals surface area contributed by atoms with Gasteiger partial charge in [0.15, 0.2) is 6.17 Å². The number of hydrogen-bond donors (Lipinski definition) is 1. The maximum atomic E-state index is 13.1. The molecule has 3 aromatic rings. The summed E-state index contributed by atoms with van der Waals surface area (Å²) in [6.45, 7) is 5.63. The Morgan fingerprint density at radius 2 is 1.76 bits per heavy atom. The zero-order valence-corrected chi connectivity index (χ0v) is 19.3. The standard InChI is InChI=1S/C25H25N3O5S/c1-2-13-28-24(26-21-6-4-3-5-20(21)25(28)29)23-12-11-22(33-23)18-7-9-19(10-8-18)34(30,31)27-14-16-32-17-15-27/h2-12,24,26H,1,13-17H2/t24-/m1/s1. The van der Waals surface area contributed by atoms with Gasteiger partial charge in [-0.05, 0) is 48.5 Å². The molecule has 1 N–H and O–H groups in total. The number of fused-ring (bicyclic) bond motifs is 1. The first-order chi connectivity index (χ1) is 16.5. The van der Waals surface area contributed by atoms with Crippen molar-refractivity contribution in [3.8, 4) is 11.3 Å². The van der Waals surface area contributed by atoms with Crippen LogP contribution in [-0.2, 0) is 14.8 Å². The molecule has 2 aliphatic heterocycles. The van der Waals surface area contributed by atoms with Gasteiger partial charge in [-0.2, -0.15) is 4.31 Å². The van der Waals surface area contributed by atoms with E-state index in [1.165, 1.54) is 4.31 Å². The lowest BCUT2D eigenvalue weighted by Gasteiger charge is -2.36. The number of carbonyl (C=O) groups is 1. The number of nitrogens with one attached hydrogen (secondary N) is 1. The smallest absolute Gasteiger partial charge is 0.258 e. The van der Waals surface area contributed by atoms with Crippen molar-refractivity contribution in [2.45, 2.75) is 11.1 Å². The van der Waals surface area contributed by atoms with E-state index in [1.807, 2.05) is 30.3 Å². The van der Waals surface area contributed by atoms with E-state index in [0.717, 1.165) is 11.3 Å². The summed E-state index contributed by atoms with van der Waals surface area (Å²) in [5, 5.41) is 3.38. The normalized spacial score (nSPS) is 18.9. The van der Waals surface area contributed by atoms with Gasteiger partial charge in [-0.25, -0.2) is 8.42 Å². The topological polar surface area (TPSA) is 92.1 Å². The molecule has 1 amide bonds. The summed E-state index contributed by atoms with van der Waals surface area (Å²) in [6.07, 6.45) is 1.19. The lowest BCUT2D eigenvalue weighted by Crippen LogP contribution is -2.42. The number of hydrogen-bond acceptors (Lipinski definition) is 6. The van der Waals surface area contributed by atoms with Gasteiger partial charge in [0.05, 0.1) is 23.7 Å². The molecule has 3 heterocycles. The third-order valence-electron chi connectivity index (χ3n) is 5.99. The van der Waals surface area contributed by atoms with Crippen LogP contribution in [0.5, 0.6) is 0 Å². The first kappa shape index (κ1) is 22.4. The SMILES string of the molecule is C=CCN1C(=O)c2ccccc2N[C@H]1c1ccc(-c2ccc(S(=O)(=O)N3CCOCC3)cc2)o1. The second-order valence-corrected chi connectivity index (χ2v) is 10.0. The van der Waals surface area contributed by atoms with Gasteiger partial charge in [0.1, 0.15) is 11.5 Å². The highest BCUT2D eigenvalue weighted by atomic mass is 32.2. The van der Waals surface area contributed by atoms with Crippen LogP contribution < -0.4 is 5.32 Å². The quantitative estimate of drug-likeness (QED) is 0.542. The van der Waals surface area contributed by atoms with Crippen molar-refractivity contribution >= 4 is 21.6 Å². The first-order valence-electron chi connectivity index (χ1n) is 11.0. The molecule has 176 valence electrons. The van der Waals surface area contributed by atoms with E-state index in [0.29, 0.717) is 49.9 Å². The van der Waals surface area contributed by atoms with Gasteiger partial charge >= 0.3 is 0 Å². The number of nitrogens with zero attached hydrogens (tertiary/aromatic N) is 2. The van der Waals surface area contributed by atoms with Crippen LogP contribution in [0.3, 0.4) is 0 Å². The number of sulfonamides is 1. The highest BCUT2D eigenvalue weighted by molar-refractivity contribution is 7.89. The number of morpholine rings is 1. The van der Waals surface area contributed by atoms with Gasteiger partial charge < -0.3 is 19.4 Å². The summed E-state index contributed by atoms with van der Waals surface area (Å²) in [7, 11) is -3.56. The van der Waals surface area contributed by atoms with Crippen LogP contribution in [0.25, 0.3) is 11.3 Å². The molecule has 1 saturated heterocycles. The van der Waals surface area contributed by atoms with E-state index >= 15 is 0 Å². The minimum Gasteiger partial charge on any atom is -0.457 e. The van der Waals surface area contributed by atoms with E-state index in [4.69, 9.17) is 9.15 Å². The molecule has 0 unspecified atom stereocenters. The minimum absolute atomic E-state index is 0.102. The fourth-order valence-electron chi connectivity index (χ4n) is 4.23. The molecule has 2 aliphatic rings. The van der Waals surface area contributed by atoms with Crippen LogP contribution in [-0.4, -0.2) is 56.4 Å². The van der Waals surface area contributed by atoms with Crippen molar-refractivity contribution in [1.29, 1.82) is 0 Å². The van der Waals surface area contributed by atoms with Gasteiger partial charge in [-0.3, -0.25) is 4.79 Å². The molecule has 1 atom stereocenters. The average molecular weight is 480 g/mol. The Hall–Kier alpha value is -3.40. The number of anilines is 1. The fraction of sp³-hybridized carbons (Fsp3) is 0.240. The van der Waals surface area contributed by atoms with Gasteiger partial charge in [0.25, 0.3) is 5.91 Å². The molecule has 0 spiro atoms. The molecule has 9 heteroatoms. The summed E-state index contributed by atoms with van der Waals surface area (Å²) in [4.78, 5) is 15.0.